The summed E-state index contributed by atoms with van der Waals surface area (Å²) in [4.78, 5) is 20.8. The van der Waals surface area contributed by atoms with Gasteiger partial charge in [0.05, 0.1) is 12.3 Å². The standard InChI is InChI=1S/C6H6O3/c1-2-4-3-5(7)9-6(4)8/h1,4H,2-3H2. The topological polar surface area (TPSA) is 43.4 Å². The van der Waals surface area contributed by atoms with Crippen molar-refractivity contribution in [3.63, 3.8) is 0 Å². The van der Waals surface area contributed by atoms with E-state index in [1.54, 1.807) is 0 Å². The molecule has 1 atom stereocenters. The minimum Gasteiger partial charge on any atom is -0.393 e. The lowest BCUT2D eigenvalue weighted by atomic mass is 10.1. The summed E-state index contributed by atoms with van der Waals surface area (Å²) in [6, 6.07) is 0. The molecule has 9 heavy (non-hydrogen) atoms. The van der Waals surface area contributed by atoms with Crippen LogP contribution in [0.2, 0.25) is 0 Å². The number of carbonyl (C=O) groups is 2. The number of cyclic esters (lactones) is 2. The van der Waals surface area contributed by atoms with Crippen molar-refractivity contribution in [1.29, 1.82) is 0 Å². The van der Waals surface area contributed by atoms with Gasteiger partial charge in [0.15, 0.2) is 0 Å². The first kappa shape index (κ1) is 6.26. The van der Waals surface area contributed by atoms with Gasteiger partial charge >= 0.3 is 11.9 Å². The minimum atomic E-state index is -0.484. The van der Waals surface area contributed by atoms with Crippen molar-refractivity contribution < 1.29 is 14.3 Å². The van der Waals surface area contributed by atoms with Gasteiger partial charge in [0.25, 0.3) is 0 Å². The van der Waals surface area contributed by atoms with E-state index in [4.69, 9.17) is 6.92 Å². The second-order valence-electron chi connectivity index (χ2n) is 1.93. The quantitative estimate of drug-likeness (QED) is 0.371. The summed E-state index contributed by atoms with van der Waals surface area (Å²) in [5, 5.41) is 0. The zero-order valence-corrected chi connectivity index (χ0v) is 4.79. The molecule has 48 valence electrons. The molecule has 1 rings (SSSR count). The van der Waals surface area contributed by atoms with E-state index in [1.807, 2.05) is 0 Å². The Kier molecular flexibility index (Phi) is 1.51. The summed E-state index contributed by atoms with van der Waals surface area (Å²) in [7, 11) is 0. The average molecular weight is 126 g/mol. The summed E-state index contributed by atoms with van der Waals surface area (Å²) in [6.07, 6.45) is 0.347. The number of carbonyl (C=O) groups excluding carboxylic acids is 2. The molecule has 0 N–H and O–H groups in total. The largest absolute Gasteiger partial charge is 0.393 e. The third kappa shape index (κ3) is 1.09. The Bertz CT molecular complexity index is 150. The predicted molar refractivity (Wildman–Crippen MR) is 28.1 cm³/mol. The van der Waals surface area contributed by atoms with Crippen molar-refractivity contribution in [3.8, 4) is 0 Å². The maximum absolute atomic E-state index is 10.5. The van der Waals surface area contributed by atoms with E-state index in [0.29, 0.717) is 0 Å². The third-order valence-electron chi connectivity index (χ3n) is 1.25. The molecular formula is C6H6O3. The van der Waals surface area contributed by atoms with E-state index in [0.717, 1.165) is 0 Å². The van der Waals surface area contributed by atoms with Crippen LogP contribution in [0.15, 0.2) is 0 Å². The highest BCUT2D eigenvalue weighted by molar-refractivity contribution is 5.94. The minimum absolute atomic E-state index is 0.148. The molecular weight excluding hydrogens is 120 g/mol. The van der Waals surface area contributed by atoms with Crippen molar-refractivity contribution in [2.45, 2.75) is 12.8 Å². The van der Waals surface area contributed by atoms with Crippen LogP contribution >= 0.6 is 0 Å². The zero-order chi connectivity index (χ0) is 6.85. The molecule has 0 aromatic rings. The maximum Gasteiger partial charge on any atom is 0.317 e. The molecule has 0 amide bonds. The molecule has 0 aromatic carbocycles. The molecule has 1 unspecified atom stereocenters. The molecule has 1 saturated heterocycles. The van der Waals surface area contributed by atoms with Gasteiger partial charge in [-0.1, -0.05) is 0 Å². The van der Waals surface area contributed by atoms with Crippen LogP contribution in [-0.2, 0) is 14.3 Å². The highest BCUT2D eigenvalue weighted by Gasteiger charge is 2.31. The van der Waals surface area contributed by atoms with E-state index < -0.39 is 17.9 Å². The molecule has 0 spiro atoms. The van der Waals surface area contributed by atoms with Crippen LogP contribution in [0.4, 0.5) is 0 Å². The molecule has 1 aliphatic rings. The van der Waals surface area contributed by atoms with Gasteiger partial charge in [-0.3, -0.25) is 9.59 Å². The Morgan fingerprint density at radius 1 is 1.67 bits per heavy atom. The monoisotopic (exact) mass is 126 g/mol. The highest BCUT2D eigenvalue weighted by atomic mass is 16.6. The van der Waals surface area contributed by atoms with Crippen LogP contribution in [0.25, 0.3) is 0 Å². The summed E-state index contributed by atoms with van der Waals surface area (Å²) >= 11 is 0. The fourth-order valence-corrected chi connectivity index (χ4v) is 0.701. The fourth-order valence-electron chi connectivity index (χ4n) is 0.701. The van der Waals surface area contributed by atoms with Crippen LogP contribution in [0.1, 0.15) is 12.8 Å². The molecule has 1 heterocycles. The Morgan fingerprint density at radius 3 is 2.56 bits per heavy atom. The van der Waals surface area contributed by atoms with Crippen molar-refractivity contribution in [3.05, 3.63) is 6.92 Å². The van der Waals surface area contributed by atoms with E-state index in [9.17, 15) is 9.59 Å². The Balaban J connectivity index is 2.58. The predicted octanol–water partition coefficient (Wildman–Crippen LogP) is 0.177. The number of esters is 2. The lowest BCUT2D eigenvalue weighted by molar-refractivity contribution is -0.153. The van der Waals surface area contributed by atoms with E-state index in [1.165, 1.54) is 0 Å². The normalized spacial score (nSPS) is 26.6. The zero-order valence-electron chi connectivity index (χ0n) is 4.79. The molecule has 3 nitrogen and oxygen atoms in total. The van der Waals surface area contributed by atoms with Gasteiger partial charge in [-0.15, -0.1) is 0 Å². The summed E-state index contributed by atoms with van der Waals surface area (Å²) in [6.45, 7) is 5.13. The first-order chi connectivity index (χ1) is 4.24. The summed E-state index contributed by atoms with van der Waals surface area (Å²) in [5.41, 5.74) is 0. The fraction of sp³-hybridized carbons (Fsp3) is 0.500. The van der Waals surface area contributed by atoms with Gasteiger partial charge in [0.2, 0.25) is 0 Å². The van der Waals surface area contributed by atoms with Crippen LogP contribution in [-0.4, -0.2) is 11.9 Å². The highest BCUT2D eigenvalue weighted by Crippen LogP contribution is 2.17. The average Bonchev–Trinajstić information content (AvgIpc) is 2.10. The van der Waals surface area contributed by atoms with Gasteiger partial charge in [-0.2, -0.15) is 0 Å². The third-order valence-corrected chi connectivity index (χ3v) is 1.25. The molecule has 0 aliphatic carbocycles. The van der Waals surface area contributed by atoms with Crippen LogP contribution < -0.4 is 0 Å². The summed E-state index contributed by atoms with van der Waals surface area (Å²) in [5.74, 6) is -1.34. The number of hydrogen-bond acceptors (Lipinski definition) is 3. The maximum atomic E-state index is 10.5. The molecule has 0 bridgehead atoms. The van der Waals surface area contributed by atoms with Crippen LogP contribution in [0.5, 0.6) is 0 Å². The Labute approximate surface area is 53.0 Å². The van der Waals surface area contributed by atoms with E-state index in [-0.39, 0.29) is 12.8 Å². The molecule has 2 radical (unpaired) electrons. The first-order valence-electron chi connectivity index (χ1n) is 2.68. The van der Waals surface area contributed by atoms with Crippen molar-refractivity contribution in [1.82, 2.24) is 0 Å². The van der Waals surface area contributed by atoms with Crippen molar-refractivity contribution in [2.24, 2.45) is 5.92 Å². The SMILES string of the molecule is [CH]CC1CC(=O)OC1=O. The number of hydrogen-bond donors (Lipinski definition) is 0. The van der Waals surface area contributed by atoms with E-state index in [2.05, 4.69) is 4.74 Å². The molecule has 0 saturated carbocycles. The smallest absolute Gasteiger partial charge is 0.317 e. The van der Waals surface area contributed by atoms with Crippen LogP contribution in [0, 0.1) is 12.8 Å². The van der Waals surface area contributed by atoms with Gasteiger partial charge in [0, 0.05) is 0 Å². The van der Waals surface area contributed by atoms with Gasteiger partial charge in [-0.25, -0.2) is 0 Å². The first-order valence-corrected chi connectivity index (χ1v) is 2.68. The van der Waals surface area contributed by atoms with Crippen LogP contribution in [0.3, 0.4) is 0 Å². The van der Waals surface area contributed by atoms with Gasteiger partial charge in [-0.05, 0) is 13.3 Å². The molecule has 3 heteroatoms. The lowest BCUT2D eigenvalue weighted by Crippen LogP contribution is -2.05. The van der Waals surface area contributed by atoms with Crippen molar-refractivity contribution in [2.75, 3.05) is 0 Å². The van der Waals surface area contributed by atoms with Gasteiger partial charge < -0.3 is 4.74 Å². The second-order valence-corrected chi connectivity index (χ2v) is 1.93. The van der Waals surface area contributed by atoms with E-state index >= 15 is 0 Å². The van der Waals surface area contributed by atoms with Crippen molar-refractivity contribution >= 4 is 11.9 Å². The number of rotatable bonds is 1. The molecule has 0 aromatic heterocycles. The number of ether oxygens (including phenoxy) is 1. The summed E-state index contributed by atoms with van der Waals surface area (Å²) < 4.78 is 4.21. The molecule has 1 aliphatic heterocycles. The van der Waals surface area contributed by atoms with Gasteiger partial charge in [0.1, 0.15) is 0 Å². The Morgan fingerprint density at radius 2 is 2.33 bits per heavy atom. The Hall–Kier alpha value is -0.860. The molecule has 1 fully saturated rings. The lowest BCUT2D eigenvalue weighted by Gasteiger charge is -1.93. The second kappa shape index (κ2) is 2.17.